The monoisotopic (exact) mass is 342 g/mol. The number of halogens is 1. The molecule has 0 aliphatic rings. The number of alkyl halides is 1. The van der Waals surface area contributed by atoms with E-state index in [-0.39, 0.29) is 10.6 Å². The zero-order valence-corrected chi connectivity index (χ0v) is 12.6. The Morgan fingerprint density at radius 2 is 1.90 bits per heavy atom. The lowest BCUT2D eigenvalue weighted by Crippen LogP contribution is -1.94. The van der Waals surface area contributed by atoms with Crippen molar-refractivity contribution in [2.75, 3.05) is 0 Å². The number of rotatable bonds is 3. The summed E-state index contributed by atoms with van der Waals surface area (Å²) >= 11 is 3.44. The number of hydrogen-bond acceptors (Lipinski definition) is 3. The summed E-state index contributed by atoms with van der Waals surface area (Å²) < 4.78 is 0. The quantitative estimate of drug-likeness (QED) is 0.393. The van der Waals surface area contributed by atoms with Gasteiger partial charge in [-0.15, -0.1) is 0 Å². The number of nitrogens with zero attached hydrogens (tertiary/aromatic N) is 2. The summed E-state index contributed by atoms with van der Waals surface area (Å²) in [5, 5.41) is 12.9. The third-order valence-electron chi connectivity index (χ3n) is 3.31. The topological polar surface area (TPSA) is 56.0 Å². The van der Waals surface area contributed by atoms with E-state index in [1.807, 2.05) is 24.3 Å². The predicted molar refractivity (Wildman–Crippen MR) is 86.5 cm³/mol. The van der Waals surface area contributed by atoms with E-state index in [0.29, 0.717) is 10.9 Å². The smallest absolute Gasteiger partial charge is 0.258 e. The minimum Gasteiger partial charge on any atom is -0.258 e. The van der Waals surface area contributed by atoms with Crippen molar-refractivity contribution in [3.05, 3.63) is 70.4 Å². The van der Waals surface area contributed by atoms with E-state index in [9.17, 15) is 10.1 Å². The fraction of sp³-hybridized carbons (Fsp3) is 0.0625. The van der Waals surface area contributed by atoms with Gasteiger partial charge < -0.3 is 0 Å². The second kappa shape index (κ2) is 5.61. The van der Waals surface area contributed by atoms with Gasteiger partial charge in [-0.25, -0.2) is 0 Å². The first-order valence-corrected chi connectivity index (χ1v) is 7.50. The molecule has 0 aliphatic carbocycles. The molecule has 0 amide bonds. The van der Waals surface area contributed by atoms with Crippen LogP contribution in [-0.2, 0) is 5.33 Å². The standard InChI is InChI=1S/C16H11BrN2O2/c17-10-11-8-12-4-3-7-18-16(12)14(9-11)13-5-1-2-6-15(13)19(20)21/h1-9H,10H2. The molecule has 0 radical (unpaired) electrons. The Kier molecular flexibility index (Phi) is 3.66. The van der Waals surface area contributed by atoms with Gasteiger partial charge in [0.25, 0.3) is 5.69 Å². The van der Waals surface area contributed by atoms with Gasteiger partial charge in [0.05, 0.1) is 16.0 Å². The van der Waals surface area contributed by atoms with Gasteiger partial charge in [0.1, 0.15) is 0 Å². The van der Waals surface area contributed by atoms with Crippen molar-refractivity contribution in [2.24, 2.45) is 0 Å². The predicted octanol–water partition coefficient (Wildman–Crippen LogP) is 4.70. The molecule has 5 heteroatoms. The molecule has 0 spiro atoms. The highest BCUT2D eigenvalue weighted by Crippen LogP contribution is 2.35. The molecule has 2 aromatic carbocycles. The van der Waals surface area contributed by atoms with Crippen LogP contribution in [0, 0.1) is 10.1 Å². The number of para-hydroxylation sites is 1. The number of aromatic nitrogens is 1. The highest BCUT2D eigenvalue weighted by atomic mass is 79.9. The van der Waals surface area contributed by atoms with Crippen LogP contribution in [-0.4, -0.2) is 9.91 Å². The molecule has 0 saturated carbocycles. The van der Waals surface area contributed by atoms with Crippen LogP contribution in [0.3, 0.4) is 0 Å². The molecular formula is C16H11BrN2O2. The highest BCUT2D eigenvalue weighted by Gasteiger charge is 2.17. The van der Waals surface area contributed by atoms with Gasteiger partial charge in [0.15, 0.2) is 0 Å². The van der Waals surface area contributed by atoms with Crippen molar-refractivity contribution in [3.63, 3.8) is 0 Å². The van der Waals surface area contributed by atoms with Crippen molar-refractivity contribution >= 4 is 32.5 Å². The Bertz CT molecular complexity index is 833. The SMILES string of the molecule is O=[N+]([O-])c1ccccc1-c1cc(CBr)cc2cccnc12. The Balaban J connectivity index is 2.37. The minimum absolute atomic E-state index is 0.0937. The normalized spacial score (nSPS) is 10.7. The summed E-state index contributed by atoms with van der Waals surface area (Å²) in [5.74, 6) is 0. The van der Waals surface area contributed by atoms with Crippen LogP contribution in [0.4, 0.5) is 5.69 Å². The number of nitro groups is 1. The van der Waals surface area contributed by atoms with Crippen molar-refractivity contribution in [1.82, 2.24) is 4.98 Å². The maximum absolute atomic E-state index is 11.3. The van der Waals surface area contributed by atoms with Gasteiger partial charge in [-0.1, -0.05) is 34.1 Å². The lowest BCUT2D eigenvalue weighted by Gasteiger charge is -2.09. The van der Waals surface area contributed by atoms with Gasteiger partial charge in [-0.05, 0) is 29.8 Å². The Morgan fingerprint density at radius 3 is 2.67 bits per heavy atom. The number of nitro benzene ring substituents is 1. The third kappa shape index (κ3) is 2.52. The molecule has 104 valence electrons. The Labute approximate surface area is 129 Å². The first-order valence-electron chi connectivity index (χ1n) is 6.38. The average molecular weight is 343 g/mol. The Morgan fingerprint density at radius 1 is 1.10 bits per heavy atom. The summed E-state index contributed by atoms with van der Waals surface area (Å²) in [6.45, 7) is 0. The van der Waals surface area contributed by atoms with E-state index in [2.05, 4.69) is 20.9 Å². The van der Waals surface area contributed by atoms with E-state index in [1.54, 1.807) is 24.4 Å². The lowest BCUT2D eigenvalue weighted by atomic mass is 9.98. The molecule has 0 N–H and O–H groups in total. The van der Waals surface area contributed by atoms with Crippen LogP contribution in [0.5, 0.6) is 0 Å². The molecule has 0 aliphatic heterocycles. The molecule has 3 rings (SSSR count). The first-order chi connectivity index (χ1) is 10.2. The van der Waals surface area contributed by atoms with Gasteiger partial charge in [0, 0.05) is 28.5 Å². The van der Waals surface area contributed by atoms with Gasteiger partial charge in [0.2, 0.25) is 0 Å². The second-order valence-corrected chi connectivity index (χ2v) is 5.19. The molecule has 0 fully saturated rings. The highest BCUT2D eigenvalue weighted by molar-refractivity contribution is 9.08. The molecule has 0 unspecified atom stereocenters. The summed E-state index contributed by atoms with van der Waals surface area (Å²) in [7, 11) is 0. The zero-order valence-electron chi connectivity index (χ0n) is 11.0. The molecule has 0 bridgehead atoms. The molecule has 1 heterocycles. The first kappa shape index (κ1) is 13.7. The molecule has 3 aromatic rings. The van der Waals surface area contributed by atoms with E-state index in [0.717, 1.165) is 22.0 Å². The average Bonchev–Trinajstić information content (AvgIpc) is 2.53. The van der Waals surface area contributed by atoms with Gasteiger partial charge >= 0.3 is 0 Å². The molecule has 1 aromatic heterocycles. The second-order valence-electron chi connectivity index (χ2n) is 4.63. The maximum Gasteiger partial charge on any atom is 0.277 e. The van der Waals surface area contributed by atoms with Crippen molar-refractivity contribution < 1.29 is 4.92 Å². The largest absolute Gasteiger partial charge is 0.277 e. The molecule has 0 saturated heterocycles. The van der Waals surface area contributed by atoms with Crippen LogP contribution in [0.15, 0.2) is 54.7 Å². The third-order valence-corrected chi connectivity index (χ3v) is 3.96. The fourth-order valence-electron chi connectivity index (χ4n) is 2.40. The number of hydrogen-bond donors (Lipinski definition) is 0. The van der Waals surface area contributed by atoms with Crippen LogP contribution in [0.25, 0.3) is 22.0 Å². The Hall–Kier alpha value is -2.27. The molecular weight excluding hydrogens is 332 g/mol. The molecule has 21 heavy (non-hydrogen) atoms. The van der Waals surface area contributed by atoms with Crippen molar-refractivity contribution in [2.45, 2.75) is 5.33 Å². The minimum atomic E-state index is -0.356. The maximum atomic E-state index is 11.3. The van der Waals surface area contributed by atoms with Crippen LogP contribution < -0.4 is 0 Å². The van der Waals surface area contributed by atoms with Crippen LogP contribution >= 0.6 is 15.9 Å². The van der Waals surface area contributed by atoms with Crippen LogP contribution in [0.1, 0.15) is 5.56 Å². The lowest BCUT2D eigenvalue weighted by molar-refractivity contribution is -0.384. The van der Waals surface area contributed by atoms with E-state index in [4.69, 9.17) is 0 Å². The van der Waals surface area contributed by atoms with Crippen LogP contribution in [0.2, 0.25) is 0 Å². The summed E-state index contributed by atoms with van der Waals surface area (Å²) in [6.07, 6.45) is 1.70. The van der Waals surface area contributed by atoms with E-state index >= 15 is 0 Å². The number of pyridine rings is 1. The molecule has 0 atom stereocenters. The van der Waals surface area contributed by atoms with Crippen molar-refractivity contribution in [1.29, 1.82) is 0 Å². The van der Waals surface area contributed by atoms with Crippen molar-refractivity contribution in [3.8, 4) is 11.1 Å². The van der Waals surface area contributed by atoms with Gasteiger partial charge in [-0.2, -0.15) is 0 Å². The summed E-state index contributed by atoms with van der Waals surface area (Å²) in [5.41, 5.74) is 3.31. The zero-order chi connectivity index (χ0) is 14.8. The number of fused-ring (bicyclic) bond motifs is 1. The summed E-state index contributed by atoms with van der Waals surface area (Å²) in [4.78, 5) is 15.3. The van der Waals surface area contributed by atoms with Gasteiger partial charge in [-0.3, -0.25) is 15.1 Å². The summed E-state index contributed by atoms with van der Waals surface area (Å²) in [6, 6.07) is 14.6. The molecule has 4 nitrogen and oxygen atoms in total. The van der Waals surface area contributed by atoms with E-state index in [1.165, 1.54) is 6.07 Å². The number of benzene rings is 2. The fourth-order valence-corrected chi connectivity index (χ4v) is 2.72. The van der Waals surface area contributed by atoms with E-state index < -0.39 is 0 Å².